The van der Waals surface area contributed by atoms with Crippen LogP contribution >= 0.6 is 0 Å². The van der Waals surface area contributed by atoms with E-state index in [0.29, 0.717) is 19.4 Å². The van der Waals surface area contributed by atoms with Gasteiger partial charge in [-0.1, -0.05) is 12.8 Å². The SMILES string of the molecule is O=C(O)C1(C(=O)NC[C@H]2CCCC[C@H]2O)CC1. The molecule has 0 saturated heterocycles. The van der Waals surface area contributed by atoms with Crippen LogP contribution in [-0.2, 0) is 9.59 Å². The molecule has 2 aliphatic carbocycles. The highest BCUT2D eigenvalue weighted by Crippen LogP contribution is 2.46. The summed E-state index contributed by atoms with van der Waals surface area (Å²) < 4.78 is 0. The van der Waals surface area contributed by atoms with Crippen molar-refractivity contribution in [1.29, 1.82) is 0 Å². The number of carboxylic acids is 1. The maximum absolute atomic E-state index is 11.7. The van der Waals surface area contributed by atoms with E-state index in [2.05, 4.69) is 5.32 Å². The van der Waals surface area contributed by atoms with Gasteiger partial charge in [0.25, 0.3) is 0 Å². The van der Waals surface area contributed by atoms with E-state index in [-0.39, 0.29) is 17.9 Å². The third-order valence-electron chi connectivity index (χ3n) is 3.99. The number of amides is 1. The molecule has 2 fully saturated rings. The van der Waals surface area contributed by atoms with Crippen LogP contribution in [0.4, 0.5) is 0 Å². The minimum atomic E-state index is -1.17. The zero-order valence-electron chi connectivity index (χ0n) is 9.82. The quantitative estimate of drug-likeness (QED) is 0.626. The Bertz CT molecular complexity index is 324. The molecule has 1 amide bonds. The Hall–Kier alpha value is -1.10. The second-order valence-electron chi connectivity index (χ2n) is 5.21. The number of hydrogen-bond donors (Lipinski definition) is 3. The van der Waals surface area contributed by atoms with Gasteiger partial charge in [-0.05, 0) is 25.7 Å². The van der Waals surface area contributed by atoms with Crippen molar-refractivity contribution in [3.8, 4) is 0 Å². The highest BCUT2D eigenvalue weighted by Gasteiger charge is 2.57. The Morgan fingerprint density at radius 3 is 2.41 bits per heavy atom. The Balaban J connectivity index is 1.82. The van der Waals surface area contributed by atoms with Crippen molar-refractivity contribution in [2.24, 2.45) is 11.3 Å². The predicted octanol–water partition coefficient (Wildman–Crippen LogP) is 0.518. The van der Waals surface area contributed by atoms with Crippen molar-refractivity contribution in [1.82, 2.24) is 5.32 Å². The van der Waals surface area contributed by atoms with E-state index in [1.54, 1.807) is 0 Å². The number of rotatable bonds is 4. The van der Waals surface area contributed by atoms with E-state index in [1.807, 2.05) is 0 Å². The first-order valence-electron chi connectivity index (χ1n) is 6.26. The first-order chi connectivity index (χ1) is 8.06. The van der Waals surface area contributed by atoms with Crippen LogP contribution in [0.2, 0.25) is 0 Å². The molecular formula is C12H19NO4. The van der Waals surface area contributed by atoms with Crippen LogP contribution in [0.25, 0.3) is 0 Å². The first-order valence-corrected chi connectivity index (χ1v) is 6.26. The van der Waals surface area contributed by atoms with E-state index >= 15 is 0 Å². The van der Waals surface area contributed by atoms with Gasteiger partial charge < -0.3 is 15.5 Å². The monoisotopic (exact) mass is 241 g/mol. The molecule has 0 aliphatic heterocycles. The maximum Gasteiger partial charge on any atom is 0.319 e. The third kappa shape index (κ3) is 2.44. The van der Waals surface area contributed by atoms with Crippen LogP contribution in [0.3, 0.4) is 0 Å². The van der Waals surface area contributed by atoms with E-state index in [1.165, 1.54) is 0 Å². The number of aliphatic hydroxyl groups excluding tert-OH is 1. The molecule has 0 radical (unpaired) electrons. The van der Waals surface area contributed by atoms with Crippen LogP contribution in [0.1, 0.15) is 38.5 Å². The van der Waals surface area contributed by atoms with Crippen LogP contribution in [0.5, 0.6) is 0 Å². The lowest BCUT2D eigenvalue weighted by Crippen LogP contribution is -2.42. The van der Waals surface area contributed by atoms with Crippen LogP contribution < -0.4 is 5.32 Å². The van der Waals surface area contributed by atoms with Crippen molar-refractivity contribution in [3.63, 3.8) is 0 Å². The second kappa shape index (κ2) is 4.64. The van der Waals surface area contributed by atoms with E-state index in [0.717, 1.165) is 25.7 Å². The summed E-state index contributed by atoms with van der Waals surface area (Å²) in [7, 11) is 0. The highest BCUT2D eigenvalue weighted by molar-refractivity contribution is 6.04. The number of aliphatic hydroxyl groups is 1. The number of aliphatic carboxylic acids is 1. The summed E-state index contributed by atoms with van der Waals surface area (Å²) in [6.07, 6.45) is 4.30. The second-order valence-corrected chi connectivity index (χ2v) is 5.21. The molecule has 2 atom stereocenters. The molecule has 0 aromatic rings. The molecule has 0 heterocycles. The number of carboxylic acid groups (broad SMARTS) is 1. The lowest BCUT2D eigenvalue weighted by atomic mass is 9.86. The average molecular weight is 241 g/mol. The first kappa shape index (κ1) is 12.4. The molecule has 5 heteroatoms. The van der Waals surface area contributed by atoms with E-state index < -0.39 is 11.4 Å². The van der Waals surface area contributed by atoms with Crippen molar-refractivity contribution in [3.05, 3.63) is 0 Å². The largest absolute Gasteiger partial charge is 0.480 e. The Morgan fingerprint density at radius 2 is 1.88 bits per heavy atom. The molecule has 0 aromatic carbocycles. The third-order valence-corrected chi connectivity index (χ3v) is 3.99. The summed E-state index contributed by atoms with van der Waals surface area (Å²) >= 11 is 0. The fourth-order valence-corrected chi connectivity index (χ4v) is 2.48. The van der Waals surface area contributed by atoms with Gasteiger partial charge in [-0.25, -0.2) is 0 Å². The van der Waals surface area contributed by atoms with Gasteiger partial charge in [0.2, 0.25) is 5.91 Å². The normalized spacial score (nSPS) is 30.6. The van der Waals surface area contributed by atoms with Gasteiger partial charge in [-0.3, -0.25) is 9.59 Å². The van der Waals surface area contributed by atoms with Gasteiger partial charge in [0.1, 0.15) is 5.41 Å². The topological polar surface area (TPSA) is 86.6 Å². The molecule has 5 nitrogen and oxygen atoms in total. The van der Waals surface area contributed by atoms with E-state index in [4.69, 9.17) is 5.11 Å². The highest BCUT2D eigenvalue weighted by atomic mass is 16.4. The zero-order valence-corrected chi connectivity index (χ0v) is 9.82. The van der Waals surface area contributed by atoms with E-state index in [9.17, 15) is 14.7 Å². The van der Waals surface area contributed by atoms with Gasteiger partial charge in [-0.2, -0.15) is 0 Å². The van der Waals surface area contributed by atoms with Crippen molar-refractivity contribution in [2.75, 3.05) is 6.54 Å². The van der Waals surface area contributed by atoms with Gasteiger partial charge in [0.15, 0.2) is 0 Å². The molecule has 96 valence electrons. The number of nitrogens with one attached hydrogen (secondary N) is 1. The van der Waals surface area contributed by atoms with Crippen molar-refractivity contribution < 1.29 is 19.8 Å². The molecule has 17 heavy (non-hydrogen) atoms. The molecule has 2 rings (SSSR count). The molecule has 2 aliphatic rings. The lowest BCUT2D eigenvalue weighted by Gasteiger charge is -2.28. The standard InChI is InChI=1S/C12H19NO4/c14-9-4-2-1-3-8(9)7-13-10(15)12(5-6-12)11(16)17/h8-9,14H,1-7H2,(H,13,15)(H,16,17)/t8-,9-/m1/s1. The summed E-state index contributed by atoms with van der Waals surface area (Å²) in [6, 6.07) is 0. The van der Waals surface area contributed by atoms with Crippen LogP contribution in [0, 0.1) is 11.3 Å². The summed E-state index contributed by atoms with van der Waals surface area (Å²) in [4.78, 5) is 22.7. The summed E-state index contributed by atoms with van der Waals surface area (Å²) in [5.41, 5.74) is -1.17. The summed E-state index contributed by atoms with van der Waals surface area (Å²) in [5, 5.41) is 21.4. The predicted molar refractivity (Wildman–Crippen MR) is 60.3 cm³/mol. The summed E-state index contributed by atoms with van der Waals surface area (Å²) in [5.74, 6) is -1.33. The molecule has 0 spiro atoms. The van der Waals surface area contributed by atoms with Gasteiger partial charge in [-0.15, -0.1) is 0 Å². The van der Waals surface area contributed by atoms with Crippen molar-refractivity contribution in [2.45, 2.75) is 44.6 Å². The smallest absolute Gasteiger partial charge is 0.319 e. The molecule has 2 saturated carbocycles. The molecule has 0 bridgehead atoms. The fourth-order valence-electron chi connectivity index (χ4n) is 2.48. The maximum atomic E-state index is 11.7. The number of carbonyl (C=O) groups is 2. The molecule has 0 aromatic heterocycles. The minimum absolute atomic E-state index is 0.0808. The Kier molecular flexibility index (Phi) is 3.38. The van der Waals surface area contributed by atoms with Crippen LogP contribution in [0.15, 0.2) is 0 Å². The van der Waals surface area contributed by atoms with Gasteiger partial charge >= 0.3 is 5.97 Å². The fraction of sp³-hybridized carbons (Fsp3) is 0.833. The van der Waals surface area contributed by atoms with Gasteiger partial charge in [0.05, 0.1) is 6.10 Å². The van der Waals surface area contributed by atoms with Crippen molar-refractivity contribution >= 4 is 11.9 Å². The van der Waals surface area contributed by atoms with Gasteiger partial charge in [0, 0.05) is 12.5 Å². The molecular weight excluding hydrogens is 222 g/mol. The summed E-state index contributed by atoms with van der Waals surface area (Å²) in [6.45, 7) is 0.398. The number of hydrogen-bond acceptors (Lipinski definition) is 3. The zero-order chi connectivity index (χ0) is 12.5. The lowest BCUT2D eigenvalue weighted by molar-refractivity contribution is -0.149. The number of carbonyl (C=O) groups excluding carboxylic acids is 1. The Morgan fingerprint density at radius 1 is 1.24 bits per heavy atom. The molecule has 3 N–H and O–H groups in total. The Labute approximate surface area is 100 Å². The molecule has 0 unspecified atom stereocenters. The average Bonchev–Trinajstić information content (AvgIpc) is 3.08. The van der Waals surface area contributed by atoms with Crippen LogP contribution in [-0.4, -0.2) is 34.7 Å². The minimum Gasteiger partial charge on any atom is -0.480 e.